The maximum absolute atomic E-state index is 6.62. The van der Waals surface area contributed by atoms with Crippen LogP contribution in [-0.4, -0.2) is 23.3 Å². The fourth-order valence-electron chi connectivity index (χ4n) is 8.29. The molecule has 5 fully saturated rings. The molecular weight excluding hydrogens is 381 g/mol. The van der Waals surface area contributed by atoms with Gasteiger partial charge in [0.2, 0.25) is 0 Å². The van der Waals surface area contributed by atoms with Crippen molar-refractivity contribution in [1.82, 2.24) is 4.98 Å². The Morgan fingerprint density at radius 3 is 2.13 bits per heavy atom. The van der Waals surface area contributed by atoms with Crippen molar-refractivity contribution < 1.29 is 9.31 Å². The normalized spacial score (nSPS) is 38.0. The number of aromatic nitrogens is 1. The van der Waals surface area contributed by atoms with Gasteiger partial charge < -0.3 is 9.31 Å². The zero-order valence-electron chi connectivity index (χ0n) is 19.2. The summed E-state index contributed by atoms with van der Waals surface area (Å²) in [4.78, 5) is 4.66. The molecule has 31 heavy (non-hydrogen) atoms. The minimum atomic E-state index is -0.329. The lowest BCUT2D eigenvalue weighted by atomic mass is 9.42. The number of nitrogens with zero attached hydrogens (tertiary/aromatic N) is 1. The first kappa shape index (κ1) is 18.9. The smallest absolute Gasteiger partial charge is 0.399 e. The standard InChI is InChI=1S/C27H32BNO2/c1-25(2)26(3,4)31-28(30-25)23-7-5-6-21-20-8-9-29-15-22(20)27(24(21)23)18-11-16-10-17(13-18)14-19(27)12-16/h5-9,15-19H,10-14H2,1-4H3. The molecule has 3 nitrogen and oxygen atoms in total. The molecule has 1 aromatic heterocycles. The highest BCUT2D eigenvalue weighted by Crippen LogP contribution is 2.69. The predicted molar refractivity (Wildman–Crippen MR) is 123 cm³/mol. The molecule has 2 heterocycles. The monoisotopic (exact) mass is 413 g/mol. The van der Waals surface area contributed by atoms with Gasteiger partial charge in [0.05, 0.1) is 11.2 Å². The van der Waals surface area contributed by atoms with E-state index in [1.54, 1.807) is 0 Å². The molecule has 2 aromatic rings. The average Bonchev–Trinajstić information content (AvgIpc) is 3.14. The van der Waals surface area contributed by atoms with Crippen molar-refractivity contribution >= 4 is 12.6 Å². The number of hydrogen-bond acceptors (Lipinski definition) is 3. The van der Waals surface area contributed by atoms with E-state index in [1.807, 2.05) is 6.20 Å². The summed E-state index contributed by atoms with van der Waals surface area (Å²) in [6, 6.07) is 9.08. The maximum Gasteiger partial charge on any atom is 0.495 e. The molecule has 0 radical (unpaired) electrons. The highest BCUT2D eigenvalue weighted by atomic mass is 16.7. The predicted octanol–water partition coefficient (Wildman–Crippen LogP) is 5.10. The fourth-order valence-corrected chi connectivity index (χ4v) is 8.29. The van der Waals surface area contributed by atoms with E-state index < -0.39 is 0 Å². The number of rotatable bonds is 1. The summed E-state index contributed by atoms with van der Waals surface area (Å²) < 4.78 is 13.2. The Kier molecular flexibility index (Phi) is 3.55. The second-order valence-electron chi connectivity index (χ2n) is 12.0. The van der Waals surface area contributed by atoms with Crippen LogP contribution in [0.1, 0.15) is 70.9 Å². The van der Waals surface area contributed by atoms with E-state index >= 15 is 0 Å². The molecule has 5 aliphatic carbocycles. The van der Waals surface area contributed by atoms with Gasteiger partial charge in [-0.1, -0.05) is 18.2 Å². The van der Waals surface area contributed by atoms with Gasteiger partial charge in [-0.15, -0.1) is 0 Å². The van der Waals surface area contributed by atoms with Gasteiger partial charge in [-0.3, -0.25) is 4.98 Å². The molecule has 160 valence electrons. The average molecular weight is 413 g/mol. The van der Waals surface area contributed by atoms with Crippen molar-refractivity contribution in [3.05, 3.63) is 47.8 Å². The zero-order chi connectivity index (χ0) is 21.2. The van der Waals surface area contributed by atoms with Crippen molar-refractivity contribution in [3.63, 3.8) is 0 Å². The number of fused-ring (bicyclic) bond motifs is 3. The molecule has 0 atom stereocenters. The summed E-state index contributed by atoms with van der Waals surface area (Å²) in [5.41, 5.74) is 6.50. The van der Waals surface area contributed by atoms with E-state index in [2.05, 4.69) is 63.1 Å². The summed E-state index contributed by atoms with van der Waals surface area (Å²) in [5, 5.41) is 0. The van der Waals surface area contributed by atoms with Crippen LogP contribution in [-0.2, 0) is 14.7 Å². The van der Waals surface area contributed by atoms with Gasteiger partial charge in [-0.05, 0) is 117 Å². The Balaban J connectivity index is 1.48. The molecule has 0 amide bonds. The van der Waals surface area contributed by atoms with Crippen LogP contribution in [0, 0.1) is 23.7 Å². The second-order valence-corrected chi connectivity index (χ2v) is 12.0. The summed E-state index contributed by atoms with van der Waals surface area (Å²) in [7, 11) is -0.309. The first-order chi connectivity index (χ1) is 14.8. The van der Waals surface area contributed by atoms with Crippen molar-refractivity contribution in [3.8, 4) is 11.1 Å². The van der Waals surface area contributed by atoms with E-state index in [0.29, 0.717) is 0 Å². The van der Waals surface area contributed by atoms with Crippen LogP contribution in [0.3, 0.4) is 0 Å². The van der Waals surface area contributed by atoms with Gasteiger partial charge in [0.1, 0.15) is 0 Å². The number of hydrogen-bond donors (Lipinski definition) is 0. The van der Waals surface area contributed by atoms with Crippen LogP contribution in [0.2, 0.25) is 0 Å². The SMILES string of the molecule is CC1(C)OB(c2cccc3c2C2(c4cnccc4-3)C3CC4CC(C3)CC2C4)OC1(C)C. The molecular formula is C27H32BNO2. The lowest BCUT2D eigenvalue weighted by Crippen LogP contribution is -2.57. The highest BCUT2D eigenvalue weighted by Gasteiger charge is 2.63. The summed E-state index contributed by atoms with van der Waals surface area (Å²) >= 11 is 0. The molecule has 0 unspecified atom stereocenters. The third kappa shape index (κ3) is 2.21. The molecule has 0 N–H and O–H groups in total. The van der Waals surface area contributed by atoms with Gasteiger partial charge in [0.15, 0.2) is 0 Å². The molecule has 4 saturated carbocycles. The third-order valence-electron chi connectivity index (χ3n) is 10.0. The Hall–Kier alpha value is -1.65. The lowest BCUT2D eigenvalue weighted by Gasteiger charge is -2.61. The molecule has 4 heteroatoms. The van der Waals surface area contributed by atoms with Crippen LogP contribution in [0.25, 0.3) is 11.1 Å². The molecule has 1 aliphatic heterocycles. The lowest BCUT2D eigenvalue weighted by molar-refractivity contribution is -0.0397. The second kappa shape index (κ2) is 5.82. The van der Waals surface area contributed by atoms with Gasteiger partial charge in [-0.2, -0.15) is 0 Å². The van der Waals surface area contributed by atoms with Crippen molar-refractivity contribution in [2.75, 3.05) is 0 Å². The van der Waals surface area contributed by atoms with Gasteiger partial charge in [0, 0.05) is 17.8 Å². The van der Waals surface area contributed by atoms with Crippen LogP contribution in [0.5, 0.6) is 0 Å². The fraction of sp³-hybridized carbons (Fsp3) is 0.593. The highest BCUT2D eigenvalue weighted by molar-refractivity contribution is 6.63. The summed E-state index contributed by atoms with van der Waals surface area (Å²) in [5.74, 6) is 3.30. The molecule has 4 bridgehead atoms. The van der Waals surface area contributed by atoms with E-state index in [9.17, 15) is 0 Å². The van der Waals surface area contributed by atoms with E-state index in [-0.39, 0.29) is 23.7 Å². The Labute approximate surface area is 186 Å². The van der Waals surface area contributed by atoms with E-state index in [0.717, 1.165) is 23.7 Å². The maximum atomic E-state index is 6.62. The molecule has 8 rings (SSSR count). The van der Waals surface area contributed by atoms with Crippen molar-refractivity contribution in [2.45, 2.75) is 76.4 Å². The van der Waals surface area contributed by atoms with Gasteiger partial charge in [0.25, 0.3) is 0 Å². The van der Waals surface area contributed by atoms with Gasteiger partial charge in [-0.25, -0.2) is 0 Å². The largest absolute Gasteiger partial charge is 0.495 e. The number of pyridine rings is 1. The van der Waals surface area contributed by atoms with E-state index in [4.69, 9.17) is 9.31 Å². The first-order valence-corrected chi connectivity index (χ1v) is 12.2. The van der Waals surface area contributed by atoms with Crippen molar-refractivity contribution in [2.24, 2.45) is 23.7 Å². The minimum absolute atomic E-state index is 0.0898. The van der Waals surface area contributed by atoms with Gasteiger partial charge >= 0.3 is 7.12 Å². The van der Waals surface area contributed by atoms with Crippen LogP contribution in [0.4, 0.5) is 0 Å². The van der Waals surface area contributed by atoms with Crippen LogP contribution >= 0.6 is 0 Å². The Bertz CT molecular complexity index is 1050. The van der Waals surface area contributed by atoms with E-state index in [1.165, 1.54) is 59.8 Å². The van der Waals surface area contributed by atoms with Crippen LogP contribution in [0.15, 0.2) is 36.7 Å². The topological polar surface area (TPSA) is 31.4 Å². The first-order valence-electron chi connectivity index (χ1n) is 12.2. The summed E-state index contributed by atoms with van der Waals surface area (Å²) in [6.07, 6.45) is 11.1. The molecule has 1 spiro atoms. The number of benzene rings is 1. The quantitative estimate of drug-likeness (QED) is 0.610. The molecule has 6 aliphatic rings. The van der Waals surface area contributed by atoms with Crippen LogP contribution < -0.4 is 5.46 Å². The zero-order valence-corrected chi connectivity index (χ0v) is 19.2. The molecule has 1 aromatic carbocycles. The Morgan fingerprint density at radius 1 is 0.839 bits per heavy atom. The third-order valence-corrected chi connectivity index (χ3v) is 10.0. The molecule has 1 saturated heterocycles. The summed E-state index contributed by atoms with van der Waals surface area (Å²) in [6.45, 7) is 8.64. The van der Waals surface area contributed by atoms with Crippen molar-refractivity contribution in [1.29, 1.82) is 0 Å². The Morgan fingerprint density at radius 2 is 1.48 bits per heavy atom. The minimum Gasteiger partial charge on any atom is -0.399 e.